The van der Waals surface area contributed by atoms with E-state index in [1.807, 2.05) is 24.3 Å². The van der Waals surface area contributed by atoms with Crippen LogP contribution >= 0.6 is 0 Å². The van der Waals surface area contributed by atoms with Gasteiger partial charge in [0.25, 0.3) is 5.91 Å². The van der Waals surface area contributed by atoms with Crippen molar-refractivity contribution in [3.05, 3.63) is 62.7 Å². The van der Waals surface area contributed by atoms with Gasteiger partial charge >= 0.3 is 5.63 Å². The Bertz CT molecular complexity index is 896. The first-order valence-corrected chi connectivity index (χ1v) is 8.85. The molecule has 26 heavy (non-hydrogen) atoms. The number of carbonyl (C=O) groups excluding carboxylic acids is 1. The number of carbonyl (C=O) groups is 1. The minimum atomic E-state index is -0.589. The van der Waals surface area contributed by atoms with Crippen molar-refractivity contribution in [3.8, 4) is 0 Å². The Morgan fingerprint density at radius 2 is 1.85 bits per heavy atom. The van der Waals surface area contributed by atoms with Crippen molar-refractivity contribution in [3.63, 3.8) is 0 Å². The van der Waals surface area contributed by atoms with Crippen molar-refractivity contribution >= 4 is 11.6 Å². The lowest BCUT2D eigenvalue weighted by atomic mass is 9.95. The van der Waals surface area contributed by atoms with Crippen molar-refractivity contribution in [2.45, 2.75) is 38.9 Å². The van der Waals surface area contributed by atoms with Gasteiger partial charge in [-0.1, -0.05) is 6.07 Å². The van der Waals surface area contributed by atoms with Crippen LogP contribution in [-0.4, -0.2) is 19.1 Å². The van der Waals surface area contributed by atoms with E-state index in [0.717, 1.165) is 24.0 Å². The number of anilines is 1. The summed E-state index contributed by atoms with van der Waals surface area (Å²) in [5.41, 5.74) is 2.92. The predicted octanol–water partition coefficient (Wildman–Crippen LogP) is 3.12. The lowest BCUT2D eigenvalue weighted by molar-refractivity contribution is 0.0796. The molecule has 3 heterocycles. The molecule has 0 atom stereocenters. The van der Waals surface area contributed by atoms with E-state index in [1.165, 1.54) is 0 Å². The summed E-state index contributed by atoms with van der Waals surface area (Å²) < 4.78 is 16.2. The number of amides is 1. The molecule has 1 fully saturated rings. The summed E-state index contributed by atoms with van der Waals surface area (Å²) in [5, 5.41) is 2.79. The smallest absolute Gasteiger partial charge is 0.349 e. The highest BCUT2D eigenvalue weighted by Crippen LogP contribution is 2.27. The Kier molecular flexibility index (Phi) is 4.61. The molecule has 1 aromatic carbocycles. The van der Waals surface area contributed by atoms with E-state index in [4.69, 9.17) is 13.9 Å². The zero-order valence-electron chi connectivity index (χ0n) is 14.7. The summed E-state index contributed by atoms with van der Waals surface area (Å²) in [5.74, 6) is 0.361. The van der Waals surface area contributed by atoms with Gasteiger partial charge in [-0.25, -0.2) is 4.79 Å². The van der Waals surface area contributed by atoms with E-state index < -0.39 is 11.5 Å². The molecule has 6 heteroatoms. The van der Waals surface area contributed by atoms with Crippen LogP contribution in [0.4, 0.5) is 5.69 Å². The van der Waals surface area contributed by atoms with Gasteiger partial charge in [-0.3, -0.25) is 4.79 Å². The molecule has 2 aliphatic rings. The topological polar surface area (TPSA) is 77.8 Å². The number of ether oxygens (including phenoxy) is 2. The fourth-order valence-corrected chi connectivity index (χ4v) is 3.53. The van der Waals surface area contributed by atoms with E-state index in [2.05, 4.69) is 5.32 Å². The number of benzene rings is 1. The maximum Gasteiger partial charge on any atom is 0.349 e. The summed E-state index contributed by atoms with van der Waals surface area (Å²) in [6, 6.07) is 7.44. The fourth-order valence-electron chi connectivity index (χ4n) is 3.53. The van der Waals surface area contributed by atoms with Gasteiger partial charge in [-0.15, -0.1) is 0 Å². The Labute approximate surface area is 151 Å². The maximum absolute atomic E-state index is 12.6. The Hall–Kier alpha value is -2.44. The standard InChI is InChI=1S/C20H21NO5/c1-12-8-17(13-4-6-24-7-5-13)26-20(23)18(12)19(22)21-16-3-2-14-10-25-11-15(14)9-16/h2-3,8-9,13H,4-7,10-11H2,1H3,(H,21,22). The third-order valence-corrected chi connectivity index (χ3v) is 5.00. The van der Waals surface area contributed by atoms with Gasteiger partial charge in [-0.05, 0) is 54.7 Å². The second kappa shape index (κ2) is 7.05. The number of hydrogen-bond donors (Lipinski definition) is 1. The predicted molar refractivity (Wildman–Crippen MR) is 95.4 cm³/mol. The van der Waals surface area contributed by atoms with Gasteiger partial charge in [-0.2, -0.15) is 0 Å². The minimum absolute atomic E-state index is 0.0533. The molecular formula is C20H21NO5. The number of aryl methyl sites for hydroxylation is 1. The lowest BCUT2D eigenvalue weighted by Crippen LogP contribution is -2.24. The molecule has 0 spiro atoms. The Morgan fingerprint density at radius 1 is 1.08 bits per heavy atom. The van der Waals surface area contributed by atoms with Gasteiger partial charge < -0.3 is 19.2 Å². The zero-order chi connectivity index (χ0) is 18.1. The van der Waals surface area contributed by atoms with E-state index in [-0.39, 0.29) is 11.5 Å². The van der Waals surface area contributed by atoms with Crippen molar-refractivity contribution in [1.82, 2.24) is 0 Å². The van der Waals surface area contributed by atoms with E-state index in [1.54, 1.807) is 6.92 Å². The van der Waals surface area contributed by atoms with Crippen LogP contribution in [0.25, 0.3) is 0 Å². The molecular weight excluding hydrogens is 334 g/mol. The molecule has 0 bridgehead atoms. The molecule has 1 amide bonds. The molecule has 4 rings (SSSR count). The second-order valence-corrected chi connectivity index (χ2v) is 6.81. The second-order valence-electron chi connectivity index (χ2n) is 6.81. The zero-order valence-corrected chi connectivity index (χ0v) is 14.7. The van der Waals surface area contributed by atoms with Crippen molar-refractivity contribution in [2.24, 2.45) is 0 Å². The summed E-state index contributed by atoms with van der Waals surface area (Å²) in [6.45, 7) is 4.24. The molecule has 136 valence electrons. The molecule has 0 aliphatic carbocycles. The molecule has 1 saturated heterocycles. The highest BCUT2D eigenvalue weighted by Gasteiger charge is 2.23. The van der Waals surface area contributed by atoms with Gasteiger partial charge in [0.2, 0.25) is 0 Å². The highest BCUT2D eigenvalue weighted by molar-refractivity contribution is 6.04. The molecule has 1 aromatic heterocycles. The van der Waals surface area contributed by atoms with Crippen LogP contribution in [-0.2, 0) is 22.7 Å². The molecule has 2 aromatic rings. The van der Waals surface area contributed by atoms with Crippen LogP contribution in [0.5, 0.6) is 0 Å². The van der Waals surface area contributed by atoms with Crippen LogP contribution in [0.3, 0.4) is 0 Å². The first kappa shape index (κ1) is 17.0. The fraction of sp³-hybridized carbons (Fsp3) is 0.400. The molecule has 6 nitrogen and oxygen atoms in total. The van der Waals surface area contributed by atoms with Crippen molar-refractivity contribution in [2.75, 3.05) is 18.5 Å². The number of hydrogen-bond acceptors (Lipinski definition) is 5. The monoisotopic (exact) mass is 355 g/mol. The van der Waals surface area contributed by atoms with E-state index in [9.17, 15) is 9.59 Å². The average Bonchev–Trinajstić information content (AvgIpc) is 3.09. The maximum atomic E-state index is 12.6. The SMILES string of the molecule is Cc1cc(C2CCOCC2)oc(=O)c1C(=O)Nc1ccc2c(c1)COC2. The summed E-state index contributed by atoms with van der Waals surface area (Å²) in [6.07, 6.45) is 1.65. The van der Waals surface area contributed by atoms with E-state index >= 15 is 0 Å². The van der Waals surface area contributed by atoms with Crippen molar-refractivity contribution in [1.29, 1.82) is 0 Å². The highest BCUT2D eigenvalue weighted by atomic mass is 16.5. The minimum Gasteiger partial charge on any atom is -0.427 e. The quantitative estimate of drug-likeness (QED) is 0.915. The van der Waals surface area contributed by atoms with Gasteiger partial charge in [0, 0.05) is 24.8 Å². The molecule has 2 aliphatic heterocycles. The molecule has 0 saturated carbocycles. The Morgan fingerprint density at radius 3 is 2.62 bits per heavy atom. The third-order valence-electron chi connectivity index (χ3n) is 5.00. The van der Waals surface area contributed by atoms with Gasteiger partial charge in [0.15, 0.2) is 0 Å². The van der Waals surface area contributed by atoms with E-state index in [0.29, 0.717) is 43.4 Å². The summed E-state index contributed by atoms with van der Waals surface area (Å²) in [4.78, 5) is 25.1. The number of nitrogens with one attached hydrogen (secondary N) is 1. The average molecular weight is 355 g/mol. The number of rotatable bonds is 3. The molecule has 0 unspecified atom stereocenters. The Balaban J connectivity index is 1.56. The summed E-state index contributed by atoms with van der Waals surface area (Å²) in [7, 11) is 0. The van der Waals surface area contributed by atoms with Gasteiger partial charge in [0.05, 0.1) is 13.2 Å². The first-order chi connectivity index (χ1) is 12.6. The number of fused-ring (bicyclic) bond motifs is 1. The molecule has 0 radical (unpaired) electrons. The normalized spacial score (nSPS) is 17.1. The van der Waals surface area contributed by atoms with Gasteiger partial charge in [0.1, 0.15) is 11.3 Å². The third kappa shape index (κ3) is 3.30. The van der Waals surface area contributed by atoms with Crippen LogP contribution in [0.15, 0.2) is 33.5 Å². The molecule has 1 N–H and O–H groups in total. The largest absolute Gasteiger partial charge is 0.427 e. The van der Waals surface area contributed by atoms with Crippen LogP contribution in [0.2, 0.25) is 0 Å². The van der Waals surface area contributed by atoms with Crippen molar-refractivity contribution < 1.29 is 18.7 Å². The van der Waals surface area contributed by atoms with Crippen LogP contribution in [0, 0.1) is 6.92 Å². The summed E-state index contributed by atoms with van der Waals surface area (Å²) >= 11 is 0. The van der Waals surface area contributed by atoms with Crippen LogP contribution < -0.4 is 10.9 Å². The van der Waals surface area contributed by atoms with Crippen LogP contribution in [0.1, 0.15) is 51.6 Å². The first-order valence-electron chi connectivity index (χ1n) is 8.85. The lowest BCUT2D eigenvalue weighted by Gasteiger charge is -2.21.